The monoisotopic (exact) mass is 287 g/mol. The van der Waals surface area contributed by atoms with Gasteiger partial charge in [-0.05, 0) is 12.3 Å². The smallest absolute Gasteiger partial charge is 0.241 e. The molecule has 2 rings (SSSR count). The van der Waals surface area contributed by atoms with Crippen molar-refractivity contribution in [3.63, 3.8) is 0 Å². The van der Waals surface area contributed by atoms with E-state index in [-0.39, 0.29) is 17.4 Å². The topological polar surface area (TPSA) is 69.8 Å². The van der Waals surface area contributed by atoms with Crippen LogP contribution in [0.25, 0.3) is 0 Å². The zero-order valence-electron chi connectivity index (χ0n) is 11.8. The molecule has 1 spiro atoms. The molecule has 0 aliphatic carbocycles. The largest absolute Gasteiger partial charge is 0.394 e. The lowest BCUT2D eigenvalue weighted by Gasteiger charge is -2.35. The molecule has 0 aromatic carbocycles. The van der Waals surface area contributed by atoms with Crippen molar-refractivity contribution in [1.82, 2.24) is 9.80 Å². The Morgan fingerprint density at radius 3 is 2.84 bits per heavy atom. The standard InChI is InChI=1S/C13H25N3O2S/c1-10(2)7-16-5-6-19-13(16)3-4-15(9-13)12(18)11(14)8-17/h10-11,17H,3-9,14H2,1-2H3/t11-,13?/m0/s1. The van der Waals surface area contributed by atoms with Crippen molar-refractivity contribution in [2.45, 2.75) is 31.2 Å². The highest BCUT2D eigenvalue weighted by molar-refractivity contribution is 8.00. The van der Waals surface area contributed by atoms with Crippen LogP contribution in [0.5, 0.6) is 0 Å². The van der Waals surface area contributed by atoms with Crippen molar-refractivity contribution in [2.24, 2.45) is 11.7 Å². The summed E-state index contributed by atoms with van der Waals surface area (Å²) in [4.78, 5) is 16.5. The van der Waals surface area contributed by atoms with Crippen LogP contribution in [0.1, 0.15) is 20.3 Å². The molecule has 19 heavy (non-hydrogen) atoms. The Morgan fingerprint density at radius 2 is 2.21 bits per heavy atom. The fraction of sp³-hybridized carbons (Fsp3) is 0.923. The Bertz CT molecular complexity index is 340. The lowest BCUT2D eigenvalue weighted by atomic mass is 10.1. The number of aliphatic hydroxyl groups excluding tert-OH is 1. The van der Waals surface area contributed by atoms with E-state index in [9.17, 15) is 4.79 Å². The van der Waals surface area contributed by atoms with E-state index in [0.29, 0.717) is 5.92 Å². The SMILES string of the molecule is CC(C)CN1CCSC12CCN(C(=O)[C@@H](N)CO)C2. The normalized spacial score (nSPS) is 29.6. The third-order valence-electron chi connectivity index (χ3n) is 3.93. The molecule has 5 nitrogen and oxygen atoms in total. The molecule has 0 aromatic heterocycles. The molecule has 2 saturated heterocycles. The maximum atomic E-state index is 12.1. The first-order chi connectivity index (χ1) is 8.98. The van der Waals surface area contributed by atoms with Gasteiger partial charge in [0.2, 0.25) is 5.91 Å². The quantitative estimate of drug-likeness (QED) is 0.758. The molecule has 2 aliphatic rings. The number of carbonyl (C=O) groups excluding carboxylic acids is 1. The third kappa shape index (κ3) is 3.07. The van der Waals surface area contributed by atoms with Gasteiger partial charge in [-0.1, -0.05) is 13.8 Å². The van der Waals surface area contributed by atoms with Crippen LogP contribution in [0.2, 0.25) is 0 Å². The van der Waals surface area contributed by atoms with Crippen LogP contribution in [-0.2, 0) is 4.79 Å². The van der Waals surface area contributed by atoms with Gasteiger partial charge >= 0.3 is 0 Å². The summed E-state index contributed by atoms with van der Waals surface area (Å²) in [6.45, 7) is 7.89. The van der Waals surface area contributed by atoms with Crippen molar-refractivity contribution in [3.05, 3.63) is 0 Å². The molecule has 2 aliphatic heterocycles. The second-order valence-corrected chi connectivity index (χ2v) is 7.39. The minimum absolute atomic E-state index is 0.0924. The van der Waals surface area contributed by atoms with Gasteiger partial charge in [0.05, 0.1) is 11.5 Å². The van der Waals surface area contributed by atoms with E-state index in [1.807, 2.05) is 16.7 Å². The maximum absolute atomic E-state index is 12.1. The Kier molecular flexibility index (Phi) is 4.76. The fourth-order valence-corrected chi connectivity index (χ4v) is 4.50. The number of amides is 1. The van der Waals surface area contributed by atoms with Crippen LogP contribution >= 0.6 is 11.8 Å². The van der Waals surface area contributed by atoms with E-state index in [2.05, 4.69) is 18.7 Å². The first-order valence-corrected chi connectivity index (χ1v) is 8.01. The van der Waals surface area contributed by atoms with Crippen LogP contribution in [0.3, 0.4) is 0 Å². The molecule has 0 radical (unpaired) electrons. The first kappa shape index (κ1) is 15.1. The van der Waals surface area contributed by atoms with Crippen molar-refractivity contribution < 1.29 is 9.90 Å². The van der Waals surface area contributed by atoms with Gasteiger partial charge in [-0.25, -0.2) is 0 Å². The van der Waals surface area contributed by atoms with Crippen molar-refractivity contribution >= 4 is 17.7 Å². The molecule has 6 heteroatoms. The molecule has 3 N–H and O–H groups in total. The second-order valence-electron chi connectivity index (χ2n) is 5.93. The first-order valence-electron chi connectivity index (χ1n) is 7.03. The molecule has 110 valence electrons. The lowest BCUT2D eigenvalue weighted by molar-refractivity contribution is -0.132. The number of likely N-dealkylation sites (tertiary alicyclic amines) is 1. The Hall–Kier alpha value is -0.300. The summed E-state index contributed by atoms with van der Waals surface area (Å²) in [5.41, 5.74) is 5.64. The molecular weight excluding hydrogens is 262 g/mol. The number of nitrogens with zero attached hydrogens (tertiary/aromatic N) is 2. The molecule has 0 saturated carbocycles. The maximum Gasteiger partial charge on any atom is 0.241 e. The zero-order chi connectivity index (χ0) is 14.0. The van der Waals surface area contributed by atoms with E-state index < -0.39 is 6.04 Å². The van der Waals surface area contributed by atoms with Crippen LogP contribution in [-0.4, -0.2) is 70.3 Å². The van der Waals surface area contributed by atoms with Gasteiger partial charge in [0.1, 0.15) is 6.04 Å². The minimum atomic E-state index is -0.764. The number of hydrogen-bond donors (Lipinski definition) is 2. The van der Waals surface area contributed by atoms with Crippen LogP contribution in [0, 0.1) is 5.92 Å². The number of hydrogen-bond acceptors (Lipinski definition) is 5. The fourth-order valence-electron chi connectivity index (χ4n) is 2.98. The number of nitrogens with two attached hydrogens (primary N) is 1. The molecule has 0 bridgehead atoms. The van der Waals surface area contributed by atoms with E-state index in [0.717, 1.165) is 38.4 Å². The summed E-state index contributed by atoms with van der Waals surface area (Å²) < 4.78 is 0. The van der Waals surface area contributed by atoms with Crippen molar-refractivity contribution in [3.8, 4) is 0 Å². The molecule has 2 atom stereocenters. The summed E-state index contributed by atoms with van der Waals surface area (Å²) in [5.74, 6) is 1.66. The molecule has 1 amide bonds. The molecule has 0 aromatic rings. The number of rotatable bonds is 4. The van der Waals surface area contributed by atoms with Gasteiger partial charge in [-0.3, -0.25) is 9.69 Å². The summed E-state index contributed by atoms with van der Waals surface area (Å²) in [5, 5.41) is 9.01. The lowest BCUT2D eigenvalue weighted by Crippen LogP contribution is -2.49. The molecular formula is C13H25N3O2S. The third-order valence-corrected chi connectivity index (χ3v) is 5.45. The molecule has 2 fully saturated rings. The van der Waals surface area contributed by atoms with Gasteiger partial charge < -0.3 is 15.7 Å². The summed E-state index contributed by atoms with van der Waals surface area (Å²) in [6, 6.07) is -0.764. The Morgan fingerprint density at radius 1 is 1.47 bits per heavy atom. The van der Waals surface area contributed by atoms with E-state index in [1.54, 1.807) is 0 Å². The average molecular weight is 287 g/mol. The van der Waals surface area contributed by atoms with E-state index >= 15 is 0 Å². The summed E-state index contributed by atoms with van der Waals surface area (Å²) in [6.07, 6.45) is 1.01. The van der Waals surface area contributed by atoms with E-state index in [4.69, 9.17) is 10.8 Å². The van der Waals surface area contributed by atoms with Gasteiger partial charge in [0.25, 0.3) is 0 Å². The second kappa shape index (κ2) is 5.99. The number of carbonyl (C=O) groups is 1. The van der Waals surface area contributed by atoms with Crippen LogP contribution in [0.4, 0.5) is 0 Å². The number of thioether (sulfide) groups is 1. The summed E-state index contributed by atoms with van der Waals surface area (Å²) in [7, 11) is 0. The Balaban J connectivity index is 2.01. The van der Waals surface area contributed by atoms with Gasteiger partial charge in [0, 0.05) is 31.9 Å². The molecule has 2 heterocycles. The van der Waals surface area contributed by atoms with Crippen LogP contribution < -0.4 is 5.73 Å². The van der Waals surface area contributed by atoms with Gasteiger partial charge in [-0.15, -0.1) is 11.8 Å². The molecule has 1 unspecified atom stereocenters. The van der Waals surface area contributed by atoms with Crippen LogP contribution in [0.15, 0.2) is 0 Å². The Labute approximate surface area is 119 Å². The highest BCUT2D eigenvalue weighted by Crippen LogP contribution is 2.43. The van der Waals surface area contributed by atoms with Crippen molar-refractivity contribution in [1.29, 1.82) is 0 Å². The summed E-state index contributed by atoms with van der Waals surface area (Å²) >= 11 is 1.97. The highest BCUT2D eigenvalue weighted by atomic mass is 32.2. The highest BCUT2D eigenvalue weighted by Gasteiger charge is 2.48. The van der Waals surface area contributed by atoms with Gasteiger partial charge in [0.15, 0.2) is 0 Å². The van der Waals surface area contributed by atoms with Gasteiger partial charge in [-0.2, -0.15) is 0 Å². The van der Waals surface area contributed by atoms with Crippen molar-refractivity contribution in [2.75, 3.05) is 38.5 Å². The minimum Gasteiger partial charge on any atom is -0.394 e. The predicted molar refractivity (Wildman–Crippen MR) is 77.9 cm³/mol. The van der Waals surface area contributed by atoms with E-state index in [1.165, 1.54) is 0 Å². The predicted octanol–water partition coefficient (Wildman–Crippen LogP) is -0.0606. The zero-order valence-corrected chi connectivity index (χ0v) is 12.7. The average Bonchev–Trinajstić information content (AvgIpc) is 2.96. The number of aliphatic hydroxyl groups is 1.